The summed E-state index contributed by atoms with van der Waals surface area (Å²) in [6, 6.07) is 3.54. The van der Waals surface area contributed by atoms with Crippen LogP contribution < -0.4 is 5.32 Å². The molecule has 0 saturated carbocycles. The molecule has 6 nitrogen and oxygen atoms in total. The zero-order valence-corrected chi connectivity index (χ0v) is 13.6. The van der Waals surface area contributed by atoms with Crippen molar-refractivity contribution >= 4 is 38.7 Å². The second-order valence-corrected chi connectivity index (χ2v) is 6.48. The lowest BCUT2D eigenvalue weighted by atomic mass is 10.1. The van der Waals surface area contributed by atoms with Crippen LogP contribution in [0, 0.1) is 0 Å². The van der Waals surface area contributed by atoms with Crippen molar-refractivity contribution in [3.63, 3.8) is 0 Å². The van der Waals surface area contributed by atoms with E-state index in [1.807, 2.05) is 6.07 Å². The number of nitrogens with zero attached hydrogens (tertiary/aromatic N) is 1. The molecule has 2 N–H and O–H groups in total. The van der Waals surface area contributed by atoms with E-state index in [0.29, 0.717) is 10.9 Å². The maximum Gasteiger partial charge on any atom is 0.408 e. The molecular weight excluding hydrogens is 338 g/mol. The number of fused-ring (bicyclic) bond motifs is 1. The van der Waals surface area contributed by atoms with E-state index in [2.05, 4.69) is 31.4 Å². The van der Waals surface area contributed by atoms with Crippen LogP contribution in [-0.2, 0) is 4.74 Å². The summed E-state index contributed by atoms with van der Waals surface area (Å²) in [5.41, 5.74) is 0.648. The third-order valence-corrected chi connectivity index (χ3v) is 3.07. The number of Topliss-reactive ketones (excluding diaryl/α,β-unsaturated/α-hetero) is 1. The van der Waals surface area contributed by atoms with Crippen molar-refractivity contribution in [3.05, 3.63) is 28.4 Å². The van der Waals surface area contributed by atoms with Crippen molar-refractivity contribution in [1.82, 2.24) is 15.5 Å². The second kappa shape index (κ2) is 5.85. The topological polar surface area (TPSA) is 84.1 Å². The molecule has 0 fully saturated rings. The van der Waals surface area contributed by atoms with E-state index >= 15 is 0 Å². The van der Waals surface area contributed by atoms with Gasteiger partial charge >= 0.3 is 6.09 Å². The predicted molar refractivity (Wildman–Crippen MR) is 82.4 cm³/mol. The van der Waals surface area contributed by atoms with E-state index in [-0.39, 0.29) is 12.3 Å². The van der Waals surface area contributed by atoms with Crippen LogP contribution in [0.3, 0.4) is 0 Å². The van der Waals surface area contributed by atoms with Crippen LogP contribution in [0.2, 0.25) is 0 Å². The first-order valence-electron chi connectivity index (χ1n) is 6.39. The molecule has 0 aliphatic carbocycles. The van der Waals surface area contributed by atoms with Gasteiger partial charge in [0, 0.05) is 15.4 Å². The van der Waals surface area contributed by atoms with Gasteiger partial charge in [-0.1, -0.05) is 15.9 Å². The highest BCUT2D eigenvalue weighted by Gasteiger charge is 2.18. The number of nitrogens with one attached hydrogen (secondary N) is 2. The fourth-order valence-corrected chi connectivity index (χ4v) is 2.27. The Balaban J connectivity index is 2.09. The molecular formula is C14H16BrN3O3. The van der Waals surface area contributed by atoms with Crippen molar-refractivity contribution in [2.75, 3.05) is 6.54 Å². The van der Waals surface area contributed by atoms with E-state index < -0.39 is 11.7 Å². The fraction of sp³-hybridized carbons (Fsp3) is 0.357. The van der Waals surface area contributed by atoms with Crippen molar-refractivity contribution in [2.24, 2.45) is 0 Å². The molecule has 1 aromatic heterocycles. The van der Waals surface area contributed by atoms with Crippen LogP contribution in [0.4, 0.5) is 4.79 Å². The van der Waals surface area contributed by atoms with Gasteiger partial charge in [-0.3, -0.25) is 9.89 Å². The fourth-order valence-electron chi connectivity index (χ4n) is 1.81. The zero-order valence-electron chi connectivity index (χ0n) is 12.0. The third kappa shape index (κ3) is 4.04. The van der Waals surface area contributed by atoms with Crippen LogP contribution in [0.15, 0.2) is 22.8 Å². The molecule has 0 atom stereocenters. The Hall–Kier alpha value is -1.89. The molecule has 0 aliphatic rings. The molecule has 2 rings (SSSR count). The first-order valence-corrected chi connectivity index (χ1v) is 7.18. The van der Waals surface area contributed by atoms with Gasteiger partial charge in [-0.2, -0.15) is 5.10 Å². The summed E-state index contributed by atoms with van der Waals surface area (Å²) in [5.74, 6) is -0.214. The number of benzene rings is 1. The van der Waals surface area contributed by atoms with Crippen molar-refractivity contribution in [2.45, 2.75) is 26.4 Å². The van der Waals surface area contributed by atoms with E-state index in [1.54, 1.807) is 33.0 Å². The van der Waals surface area contributed by atoms with Crippen molar-refractivity contribution in [3.8, 4) is 0 Å². The Labute approximate surface area is 130 Å². The maximum atomic E-state index is 12.2. The monoisotopic (exact) mass is 353 g/mol. The Morgan fingerprint density at radius 3 is 2.76 bits per heavy atom. The highest BCUT2D eigenvalue weighted by molar-refractivity contribution is 9.10. The van der Waals surface area contributed by atoms with Gasteiger partial charge in [-0.05, 0) is 32.9 Å². The number of ketones is 1. The average Bonchev–Trinajstić information content (AvgIpc) is 2.80. The molecule has 0 spiro atoms. The molecule has 0 radical (unpaired) electrons. The Kier molecular flexibility index (Phi) is 4.32. The molecule has 0 unspecified atom stereocenters. The summed E-state index contributed by atoms with van der Waals surface area (Å²) in [6.07, 6.45) is 0.969. The quantitative estimate of drug-likeness (QED) is 0.830. The second-order valence-electron chi connectivity index (χ2n) is 5.56. The molecule has 2 aromatic rings. The highest BCUT2D eigenvalue weighted by Crippen LogP contribution is 2.22. The van der Waals surface area contributed by atoms with E-state index in [0.717, 1.165) is 9.99 Å². The number of rotatable bonds is 3. The largest absolute Gasteiger partial charge is 0.444 e. The number of carbonyl (C=O) groups is 2. The first kappa shape index (κ1) is 15.5. The number of halogens is 1. The summed E-state index contributed by atoms with van der Waals surface area (Å²) < 4.78 is 5.85. The molecule has 0 saturated heterocycles. The molecule has 1 heterocycles. The lowest BCUT2D eigenvalue weighted by molar-refractivity contribution is 0.0520. The molecule has 0 aliphatic heterocycles. The number of ether oxygens (including phenoxy) is 1. The molecule has 0 bridgehead atoms. The molecule has 21 heavy (non-hydrogen) atoms. The predicted octanol–water partition coefficient (Wildman–Crippen LogP) is 3.03. The summed E-state index contributed by atoms with van der Waals surface area (Å²) in [6.45, 7) is 5.15. The molecule has 1 aromatic carbocycles. The summed E-state index contributed by atoms with van der Waals surface area (Å²) in [5, 5.41) is 9.90. The number of amides is 1. The number of aromatic nitrogens is 2. The first-order chi connectivity index (χ1) is 9.76. The van der Waals surface area contributed by atoms with Crippen LogP contribution in [-0.4, -0.2) is 34.2 Å². The van der Waals surface area contributed by atoms with Gasteiger partial charge in [0.1, 0.15) is 5.60 Å². The Morgan fingerprint density at radius 1 is 1.38 bits per heavy atom. The van der Waals surface area contributed by atoms with Crippen LogP contribution >= 0.6 is 15.9 Å². The SMILES string of the molecule is CC(C)(C)OC(=O)NCC(=O)c1cc(Br)cc2[nH]ncc12. The van der Waals surface area contributed by atoms with Crippen molar-refractivity contribution < 1.29 is 14.3 Å². The molecule has 1 amide bonds. The number of carbonyl (C=O) groups excluding carboxylic acids is 2. The number of hydrogen-bond acceptors (Lipinski definition) is 4. The standard InChI is InChI=1S/C14H16BrN3O3/c1-14(2,3)21-13(20)16-7-12(19)9-4-8(15)5-11-10(9)6-17-18-11/h4-6H,7H2,1-3H3,(H,16,20)(H,17,18). The van der Waals surface area contributed by atoms with Crippen LogP contribution in [0.5, 0.6) is 0 Å². The highest BCUT2D eigenvalue weighted by atomic mass is 79.9. The number of alkyl carbamates (subject to hydrolysis) is 1. The van der Waals surface area contributed by atoms with Crippen molar-refractivity contribution in [1.29, 1.82) is 0 Å². The van der Waals surface area contributed by atoms with E-state index in [9.17, 15) is 9.59 Å². The van der Waals surface area contributed by atoms with Gasteiger partial charge < -0.3 is 10.1 Å². The van der Waals surface area contributed by atoms with Crippen LogP contribution in [0.25, 0.3) is 10.9 Å². The minimum Gasteiger partial charge on any atom is -0.444 e. The number of hydrogen-bond donors (Lipinski definition) is 2. The van der Waals surface area contributed by atoms with Gasteiger partial charge in [0.15, 0.2) is 5.78 Å². The average molecular weight is 354 g/mol. The van der Waals surface area contributed by atoms with Gasteiger partial charge in [-0.15, -0.1) is 0 Å². The van der Waals surface area contributed by atoms with Gasteiger partial charge in [0.2, 0.25) is 0 Å². The summed E-state index contributed by atoms with van der Waals surface area (Å²) >= 11 is 3.34. The maximum absolute atomic E-state index is 12.2. The smallest absolute Gasteiger partial charge is 0.408 e. The zero-order chi connectivity index (χ0) is 15.6. The number of aromatic amines is 1. The molecule has 7 heteroatoms. The van der Waals surface area contributed by atoms with Gasteiger partial charge in [0.25, 0.3) is 0 Å². The summed E-state index contributed by atoms with van der Waals surface area (Å²) in [4.78, 5) is 23.8. The minimum atomic E-state index is -0.616. The molecule has 112 valence electrons. The Morgan fingerprint density at radius 2 is 2.10 bits per heavy atom. The number of H-pyrrole nitrogens is 1. The normalized spacial score (nSPS) is 11.4. The van der Waals surface area contributed by atoms with Gasteiger partial charge in [0.05, 0.1) is 18.3 Å². The van der Waals surface area contributed by atoms with Crippen LogP contribution in [0.1, 0.15) is 31.1 Å². The summed E-state index contributed by atoms with van der Waals surface area (Å²) in [7, 11) is 0. The Bertz CT molecular complexity index is 688. The van der Waals surface area contributed by atoms with E-state index in [1.165, 1.54) is 0 Å². The van der Waals surface area contributed by atoms with Gasteiger partial charge in [-0.25, -0.2) is 4.79 Å². The third-order valence-electron chi connectivity index (χ3n) is 2.62. The lowest BCUT2D eigenvalue weighted by Gasteiger charge is -2.19. The lowest BCUT2D eigenvalue weighted by Crippen LogP contribution is -2.35. The minimum absolute atomic E-state index is 0.133. The van der Waals surface area contributed by atoms with E-state index in [4.69, 9.17) is 4.74 Å².